The maximum Gasteiger partial charge on any atom is 0.251 e. The molecule has 130 valence electrons. The summed E-state index contributed by atoms with van der Waals surface area (Å²) in [6.07, 6.45) is 3.01. The zero-order valence-electron chi connectivity index (χ0n) is 13.4. The molecule has 0 saturated carbocycles. The van der Waals surface area contributed by atoms with Crippen LogP contribution in [-0.2, 0) is 16.4 Å². The predicted molar refractivity (Wildman–Crippen MR) is 91.7 cm³/mol. The second kappa shape index (κ2) is 7.83. The average molecular weight is 371 g/mol. The summed E-state index contributed by atoms with van der Waals surface area (Å²) in [5, 5.41) is 2.90. The number of rotatable bonds is 7. The van der Waals surface area contributed by atoms with Crippen LogP contribution in [-0.4, -0.2) is 27.4 Å². The first kappa shape index (κ1) is 18.5. The zero-order chi connectivity index (χ0) is 17.7. The van der Waals surface area contributed by atoms with E-state index in [4.69, 9.17) is 16.0 Å². The van der Waals surface area contributed by atoms with E-state index in [2.05, 4.69) is 10.0 Å². The SMILES string of the molecule is CNS(=O)(=O)c1cc(C(=O)NC(C)CCc2ccco2)ccc1Cl. The molecule has 8 heteroatoms. The molecule has 0 saturated heterocycles. The van der Waals surface area contributed by atoms with Crippen LogP contribution in [0.25, 0.3) is 0 Å². The largest absolute Gasteiger partial charge is 0.469 e. The van der Waals surface area contributed by atoms with Gasteiger partial charge in [0.15, 0.2) is 0 Å². The van der Waals surface area contributed by atoms with E-state index in [9.17, 15) is 13.2 Å². The van der Waals surface area contributed by atoms with Gasteiger partial charge in [-0.2, -0.15) is 0 Å². The number of carbonyl (C=O) groups excluding carboxylic acids is 1. The summed E-state index contributed by atoms with van der Waals surface area (Å²) in [4.78, 5) is 12.2. The van der Waals surface area contributed by atoms with Crippen molar-refractivity contribution in [1.82, 2.24) is 10.0 Å². The lowest BCUT2D eigenvalue weighted by atomic mass is 10.1. The quantitative estimate of drug-likeness (QED) is 0.784. The Morgan fingerprint density at radius 2 is 2.08 bits per heavy atom. The third kappa shape index (κ3) is 4.59. The van der Waals surface area contributed by atoms with E-state index in [1.54, 1.807) is 6.26 Å². The van der Waals surface area contributed by atoms with Crippen molar-refractivity contribution in [2.75, 3.05) is 7.05 Å². The van der Waals surface area contributed by atoms with Gasteiger partial charge < -0.3 is 9.73 Å². The standard InChI is InChI=1S/C16H19ClN2O4S/c1-11(5-7-13-4-3-9-23-13)19-16(20)12-6-8-14(17)15(10-12)24(21,22)18-2/h3-4,6,8-11,18H,5,7H2,1-2H3,(H,19,20). The van der Waals surface area contributed by atoms with Gasteiger partial charge in [-0.05, 0) is 50.7 Å². The summed E-state index contributed by atoms with van der Waals surface area (Å²) in [5.74, 6) is 0.496. The minimum absolute atomic E-state index is 0.0618. The van der Waals surface area contributed by atoms with Gasteiger partial charge in [-0.15, -0.1) is 0 Å². The molecular weight excluding hydrogens is 352 g/mol. The average Bonchev–Trinajstić information content (AvgIpc) is 3.06. The van der Waals surface area contributed by atoms with Gasteiger partial charge in [-0.1, -0.05) is 11.6 Å². The Bertz CT molecular complexity index is 803. The van der Waals surface area contributed by atoms with Crippen LogP contribution in [0.4, 0.5) is 0 Å². The molecule has 1 amide bonds. The Balaban J connectivity index is 2.05. The summed E-state index contributed by atoms with van der Waals surface area (Å²) in [5.41, 5.74) is 0.234. The van der Waals surface area contributed by atoms with Crippen molar-refractivity contribution in [3.05, 3.63) is 52.9 Å². The van der Waals surface area contributed by atoms with Crippen molar-refractivity contribution in [2.45, 2.75) is 30.7 Å². The molecule has 0 radical (unpaired) electrons. The number of amides is 1. The fourth-order valence-corrected chi connectivity index (χ4v) is 3.40. The maximum atomic E-state index is 12.3. The van der Waals surface area contributed by atoms with E-state index >= 15 is 0 Å². The highest BCUT2D eigenvalue weighted by Gasteiger charge is 2.19. The van der Waals surface area contributed by atoms with Gasteiger partial charge in [-0.25, -0.2) is 13.1 Å². The number of carbonyl (C=O) groups is 1. The first-order valence-corrected chi connectivity index (χ1v) is 9.26. The molecule has 2 aromatic rings. The topological polar surface area (TPSA) is 88.4 Å². The van der Waals surface area contributed by atoms with Crippen molar-refractivity contribution in [3.8, 4) is 0 Å². The highest BCUT2D eigenvalue weighted by atomic mass is 35.5. The Morgan fingerprint density at radius 3 is 2.71 bits per heavy atom. The van der Waals surface area contributed by atoms with E-state index in [1.807, 2.05) is 19.1 Å². The molecule has 1 unspecified atom stereocenters. The number of nitrogens with one attached hydrogen (secondary N) is 2. The molecule has 6 nitrogen and oxygen atoms in total. The first-order chi connectivity index (χ1) is 11.3. The van der Waals surface area contributed by atoms with Crippen LogP contribution in [0.5, 0.6) is 0 Å². The van der Waals surface area contributed by atoms with Crippen LogP contribution in [0.3, 0.4) is 0 Å². The van der Waals surface area contributed by atoms with Crippen molar-refractivity contribution in [1.29, 1.82) is 0 Å². The molecule has 0 aliphatic heterocycles. The Labute approximate surface area is 146 Å². The molecule has 0 aliphatic rings. The van der Waals surface area contributed by atoms with Crippen LogP contribution in [0.2, 0.25) is 5.02 Å². The molecule has 24 heavy (non-hydrogen) atoms. The fourth-order valence-electron chi connectivity index (χ4n) is 2.15. The van der Waals surface area contributed by atoms with Crippen molar-refractivity contribution in [3.63, 3.8) is 0 Å². The first-order valence-electron chi connectivity index (χ1n) is 7.40. The number of hydrogen-bond acceptors (Lipinski definition) is 4. The lowest BCUT2D eigenvalue weighted by Gasteiger charge is -2.14. The van der Waals surface area contributed by atoms with Crippen LogP contribution < -0.4 is 10.0 Å². The molecule has 1 atom stereocenters. The van der Waals surface area contributed by atoms with E-state index in [0.29, 0.717) is 12.8 Å². The Morgan fingerprint density at radius 1 is 1.33 bits per heavy atom. The summed E-state index contributed by atoms with van der Waals surface area (Å²) < 4.78 is 31.3. The molecule has 1 aromatic carbocycles. The normalized spacial score (nSPS) is 12.8. The van der Waals surface area contributed by atoms with Crippen LogP contribution >= 0.6 is 11.6 Å². The minimum atomic E-state index is -3.73. The van der Waals surface area contributed by atoms with Gasteiger partial charge in [0.05, 0.1) is 11.3 Å². The van der Waals surface area contributed by atoms with Gasteiger partial charge in [0.1, 0.15) is 10.7 Å². The van der Waals surface area contributed by atoms with Gasteiger partial charge in [0, 0.05) is 18.0 Å². The second-order valence-corrected chi connectivity index (χ2v) is 7.61. The van der Waals surface area contributed by atoms with Gasteiger partial charge in [0.25, 0.3) is 5.91 Å². The van der Waals surface area contributed by atoms with Crippen molar-refractivity contribution < 1.29 is 17.6 Å². The summed E-state index contributed by atoms with van der Waals surface area (Å²) in [7, 11) is -2.44. The van der Waals surface area contributed by atoms with E-state index in [-0.39, 0.29) is 27.4 Å². The number of benzene rings is 1. The highest BCUT2D eigenvalue weighted by molar-refractivity contribution is 7.89. The molecule has 1 heterocycles. The molecule has 0 fully saturated rings. The van der Waals surface area contributed by atoms with E-state index in [1.165, 1.54) is 25.2 Å². The van der Waals surface area contributed by atoms with Crippen LogP contribution in [0.15, 0.2) is 45.9 Å². The van der Waals surface area contributed by atoms with E-state index in [0.717, 1.165) is 5.76 Å². The third-order valence-electron chi connectivity index (χ3n) is 3.53. The summed E-state index contributed by atoms with van der Waals surface area (Å²) in [6, 6.07) is 7.75. The Hall–Kier alpha value is -1.83. The summed E-state index contributed by atoms with van der Waals surface area (Å²) >= 11 is 5.92. The molecule has 2 N–H and O–H groups in total. The number of aryl methyl sites for hydroxylation is 1. The van der Waals surface area contributed by atoms with Gasteiger partial charge in [-0.3, -0.25) is 4.79 Å². The highest BCUT2D eigenvalue weighted by Crippen LogP contribution is 2.22. The molecule has 0 spiro atoms. The van der Waals surface area contributed by atoms with Crippen LogP contribution in [0, 0.1) is 0 Å². The van der Waals surface area contributed by atoms with Gasteiger partial charge >= 0.3 is 0 Å². The fraction of sp³-hybridized carbons (Fsp3) is 0.312. The van der Waals surface area contributed by atoms with Crippen LogP contribution in [0.1, 0.15) is 29.5 Å². The Kier molecular flexibility index (Phi) is 6.04. The summed E-state index contributed by atoms with van der Waals surface area (Å²) in [6.45, 7) is 1.88. The van der Waals surface area contributed by atoms with Gasteiger partial charge in [0.2, 0.25) is 10.0 Å². The molecule has 0 aliphatic carbocycles. The lowest BCUT2D eigenvalue weighted by Crippen LogP contribution is -2.33. The number of furan rings is 1. The second-order valence-electron chi connectivity index (χ2n) is 5.35. The maximum absolute atomic E-state index is 12.3. The zero-order valence-corrected chi connectivity index (χ0v) is 14.9. The third-order valence-corrected chi connectivity index (χ3v) is 5.43. The molecule has 0 bridgehead atoms. The lowest BCUT2D eigenvalue weighted by molar-refractivity contribution is 0.0938. The monoisotopic (exact) mass is 370 g/mol. The van der Waals surface area contributed by atoms with Crippen molar-refractivity contribution in [2.24, 2.45) is 0 Å². The van der Waals surface area contributed by atoms with Crippen molar-refractivity contribution >= 4 is 27.5 Å². The molecule has 1 aromatic heterocycles. The predicted octanol–water partition coefficient (Wildman–Crippen LogP) is 2.59. The number of sulfonamides is 1. The number of halogens is 1. The smallest absolute Gasteiger partial charge is 0.251 e. The molecule has 2 rings (SSSR count). The molecular formula is C16H19ClN2O4S. The minimum Gasteiger partial charge on any atom is -0.469 e. The number of hydrogen-bond donors (Lipinski definition) is 2. The van der Waals surface area contributed by atoms with E-state index < -0.39 is 10.0 Å².